The summed E-state index contributed by atoms with van der Waals surface area (Å²) in [7, 11) is 0. The number of hydrogen-bond donors (Lipinski definition) is 0. The van der Waals surface area contributed by atoms with Gasteiger partial charge in [-0.3, -0.25) is 4.79 Å². The second-order valence-electron chi connectivity index (χ2n) is 5.05. The van der Waals surface area contributed by atoms with E-state index >= 15 is 0 Å². The number of carbonyl (C=O) groups excluding carboxylic acids is 1. The molecule has 12 heavy (non-hydrogen) atoms. The molecule has 0 saturated heterocycles. The van der Waals surface area contributed by atoms with Gasteiger partial charge in [-0.05, 0) is 24.7 Å². The molecule has 0 radical (unpaired) electrons. The smallest absolute Gasteiger partial charge is 0.138 e. The van der Waals surface area contributed by atoms with Crippen LogP contribution in [0.2, 0.25) is 0 Å². The summed E-state index contributed by atoms with van der Waals surface area (Å²) in [6.45, 7) is 8.59. The Morgan fingerprint density at radius 3 is 2.42 bits per heavy atom. The summed E-state index contributed by atoms with van der Waals surface area (Å²) in [5.41, 5.74) is -0.0363. The summed E-state index contributed by atoms with van der Waals surface area (Å²) >= 11 is 0. The van der Waals surface area contributed by atoms with Gasteiger partial charge in [0.1, 0.15) is 5.78 Å². The van der Waals surface area contributed by atoms with E-state index in [1.807, 2.05) is 0 Å². The minimum atomic E-state index is -0.0363. The largest absolute Gasteiger partial charge is 0.299 e. The molecular formula is C11H20O. The average molecular weight is 168 g/mol. The quantitative estimate of drug-likeness (QED) is 0.588. The van der Waals surface area contributed by atoms with Gasteiger partial charge in [0.15, 0.2) is 0 Å². The predicted molar refractivity (Wildman–Crippen MR) is 51.0 cm³/mol. The third-order valence-electron chi connectivity index (χ3n) is 3.29. The van der Waals surface area contributed by atoms with Gasteiger partial charge in [0.05, 0.1) is 0 Å². The Morgan fingerprint density at radius 1 is 1.42 bits per heavy atom. The van der Waals surface area contributed by atoms with E-state index < -0.39 is 0 Å². The molecule has 1 heteroatoms. The van der Waals surface area contributed by atoms with E-state index in [2.05, 4.69) is 27.7 Å². The minimum absolute atomic E-state index is 0.0363. The van der Waals surface area contributed by atoms with E-state index in [0.717, 1.165) is 12.8 Å². The van der Waals surface area contributed by atoms with Crippen LogP contribution in [0.15, 0.2) is 0 Å². The van der Waals surface area contributed by atoms with E-state index in [1.54, 1.807) is 0 Å². The maximum Gasteiger partial charge on any atom is 0.138 e. The van der Waals surface area contributed by atoms with Crippen molar-refractivity contribution in [1.29, 1.82) is 0 Å². The minimum Gasteiger partial charge on any atom is -0.299 e. The highest BCUT2D eigenvalue weighted by molar-refractivity contribution is 5.84. The summed E-state index contributed by atoms with van der Waals surface area (Å²) in [6.07, 6.45) is 3.12. The van der Waals surface area contributed by atoms with Crippen molar-refractivity contribution in [3.05, 3.63) is 0 Å². The summed E-state index contributed by atoms with van der Waals surface area (Å²) in [5.74, 6) is 1.78. The molecule has 0 spiro atoms. The van der Waals surface area contributed by atoms with Gasteiger partial charge in [-0.1, -0.05) is 27.7 Å². The third kappa shape index (κ3) is 1.88. The lowest BCUT2D eigenvalue weighted by Gasteiger charge is -2.34. The Hall–Kier alpha value is -0.330. The molecule has 0 aliphatic heterocycles. The lowest BCUT2D eigenvalue weighted by atomic mass is 9.69. The topological polar surface area (TPSA) is 17.1 Å². The van der Waals surface area contributed by atoms with Crippen molar-refractivity contribution in [1.82, 2.24) is 0 Å². The second-order valence-corrected chi connectivity index (χ2v) is 5.05. The molecule has 1 saturated carbocycles. The third-order valence-corrected chi connectivity index (χ3v) is 3.29. The first-order valence-corrected chi connectivity index (χ1v) is 4.97. The Kier molecular flexibility index (Phi) is 2.60. The molecule has 1 aliphatic carbocycles. The molecule has 0 unspecified atom stereocenters. The van der Waals surface area contributed by atoms with Crippen LogP contribution in [0.1, 0.15) is 47.0 Å². The molecule has 0 N–H and O–H groups in total. The van der Waals surface area contributed by atoms with E-state index in [0.29, 0.717) is 17.6 Å². The lowest BCUT2D eigenvalue weighted by molar-refractivity contribution is -0.131. The monoisotopic (exact) mass is 168 g/mol. The Labute approximate surface area is 75.5 Å². The van der Waals surface area contributed by atoms with Crippen LogP contribution in [-0.4, -0.2) is 5.78 Å². The van der Waals surface area contributed by atoms with Crippen LogP contribution in [0.25, 0.3) is 0 Å². The second kappa shape index (κ2) is 3.20. The Bertz CT molecular complexity index is 179. The molecular weight excluding hydrogens is 148 g/mol. The number of Topliss-reactive ketones (excluding diaryl/α,β-unsaturated/α-hetero) is 1. The van der Waals surface area contributed by atoms with Gasteiger partial charge >= 0.3 is 0 Å². The van der Waals surface area contributed by atoms with Gasteiger partial charge in [-0.15, -0.1) is 0 Å². The summed E-state index contributed by atoms with van der Waals surface area (Å²) < 4.78 is 0. The molecule has 1 fully saturated rings. The molecule has 1 atom stereocenters. The highest BCUT2D eigenvalue weighted by Gasteiger charge is 2.35. The first-order valence-electron chi connectivity index (χ1n) is 4.97. The van der Waals surface area contributed by atoms with Crippen molar-refractivity contribution < 1.29 is 4.79 Å². The maximum atomic E-state index is 11.6. The first-order chi connectivity index (χ1) is 5.43. The van der Waals surface area contributed by atoms with E-state index in [4.69, 9.17) is 0 Å². The van der Waals surface area contributed by atoms with E-state index in [1.165, 1.54) is 6.42 Å². The van der Waals surface area contributed by atoms with Crippen molar-refractivity contribution in [3.63, 3.8) is 0 Å². The van der Waals surface area contributed by atoms with Gasteiger partial charge in [-0.25, -0.2) is 0 Å². The number of rotatable bonds is 1. The Balaban J connectivity index is 2.58. The molecule has 0 amide bonds. The normalized spacial score (nSPS) is 29.4. The molecule has 0 bridgehead atoms. The average Bonchev–Trinajstić information content (AvgIpc) is 1.94. The van der Waals surface area contributed by atoms with Crippen LogP contribution >= 0.6 is 0 Å². The molecule has 0 aromatic rings. The predicted octanol–water partition coefficient (Wildman–Crippen LogP) is 3.04. The number of carbonyl (C=O) groups is 1. The SMILES string of the molecule is CC(C)[C@@H]1CCC(C)(C)C(=O)C1. The van der Waals surface area contributed by atoms with Gasteiger partial charge in [0, 0.05) is 11.8 Å². The van der Waals surface area contributed by atoms with Gasteiger partial charge in [0.25, 0.3) is 0 Å². The fourth-order valence-electron chi connectivity index (χ4n) is 1.87. The van der Waals surface area contributed by atoms with Crippen LogP contribution < -0.4 is 0 Å². The number of hydrogen-bond acceptors (Lipinski definition) is 1. The van der Waals surface area contributed by atoms with Crippen LogP contribution in [-0.2, 0) is 4.79 Å². The zero-order valence-corrected chi connectivity index (χ0v) is 8.68. The zero-order valence-electron chi connectivity index (χ0n) is 8.68. The Morgan fingerprint density at radius 2 is 2.00 bits per heavy atom. The summed E-state index contributed by atoms with van der Waals surface area (Å²) in [6, 6.07) is 0. The first kappa shape index (κ1) is 9.76. The molecule has 0 aromatic heterocycles. The molecule has 70 valence electrons. The van der Waals surface area contributed by atoms with Crippen molar-refractivity contribution in [2.45, 2.75) is 47.0 Å². The van der Waals surface area contributed by atoms with E-state index in [9.17, 15) is 4.79 Å². The molecule has 1 aliphatic rings. The van der Waals surface area contributed by atoms with Crippen LogP contribution in [0.4, 0.5) is 0 Å². The summed E-state index contributed by atoms with van der Waals surface area (Å²) in [5, 5.41) is 0. The van der Waals surface area contributed by atoms with Crippen molar-refractivity contribution in [2.24, 2.45) is 17.3 Å². The van der Waals surface area contributed by atoms with Crippen molar-refractivity contribution in [3.8, 4) is 0 Å². The standard InChI is InChI=1S/C11H20O/c1-8(2)9-5-6-11(3,4)10(12)7-9/h8-9H,5-7H2,1-4H3/t9-/m1/s1. The molecule has 0 heterocycles. The maximum absolute atomic E-state index is 11.6. The fraction of sp³-hybridized carbons (Fsp3) is 0.909. The highest BCUT2D eigenvalue weighted by Crippen LogP contribution is 2.37. The van der Waals surface area contributed by atoms with Crippen molar-refractivity contribution in [2.75, 3.05) is 0 Å². The lowest BCUT2D eigenvalue weighted by Crippen LogP contribution is -2.33. The highest BCUT2D eigenvalue weighted by atomic mass is 16.1. The molecule has 1 nitrogen and oxygen atoms in total. The molecule has 1 rings (SSSR count). The van der Waals surface area contributed by atoms with Crippen molar-refractivity contribution >= 4 is 5.78 Å². The number of ketones is 1. The van der Waals surface area contributed by atoms with E-state index in [-0.39, 0.29) is 5.41 Å². The van der Waals surface area contributed by atoms with Gasteiger partial charge in [0.2, 0.25) is 0 Å². The fourth-order valence-corrected chi connectivity index (χ4v) is 1.87. The molecule has 0 aromatic carbocycles. The van der Waals surface area contributed by atoms with Crippen LogP contribution in [0.5, 0.6) is 0 Å². The zero-order chi connectivity index (χ0) is 9.35. The summed E-state index contributed by atoms with van der Waals surface area (Å²) in [4.78, 5) is 11.6. The van der Waals surface area contributed by atoms with Crippen LogP contribution in [0.3, 0.4) is 0 Å². The van der Waals surface area contributed by atoms with Crippen LogP contribution in [0, 0.1) is 17.3 Å². The van der Waals surface area contributed by atoms with Gasteiger partial charge < -0.3 is 0 Å². The van der Waals surface area contributed by atoms with Gasteiger partial charge in [-0.2, -0.15) is 0 Å².